The van der Waals surface area contributed by atoms with Crippen molar-refractivity contribution in [3.8, 4) is 5.75 Å². The molecular formula is C22H27N3O5. The van der Waals surface area contributed by atoms with Gasteiger partial charge in [0.25, 0.3) is 11.8 Å². The average molecular weight is 413 g/mol. The molecule has 2 atom stereocenters. The van der Waals surface area contributed by atoms with E-state index in [2.05, 4.69) is 31.3 Å². The highest BCUT2D eigenvalue weighted by Crippen LogP contribution is 2.63. The number of carbonyl (C=O) groups excluding carboxylic acids is 3. The number of hydrogen-bond acceptors (Lipinski definition) is 6. The van der Waals surface area contributed by atoms with Crippen LogP contribution in [0.25, 0.3) is 0 Å². The summed E-state index contributed by atoms with van der Waals surface area (Å²) in [5.74, 6) is -0.385. The fraction of sp³-hybridized carbons (Fsp3) is 0.545. The van der Waals surface area contributed by atoms with Crippen LogP contribution < -0.4 is 15.1 Å². The number of hydrazone groups is 1. The minimum atomic E-state index is -0.670. The summed E-state index contributed by atoms with van der Waals surface area (Å²) in [6.45, 7) is 5.87. The number of esters is 1. The number of carbonyl (C=O) groups is 3. The standard InChI is InChI=1S/C22H27N3O5/c1-21(2)14-8-9-22(21,3)17(10-14)23-24-18(26)12-30-20(28)11-25-15-6-4-5-7-16(15)29-13-19(25)27/h4-7,14H,8-13H2,1-3H3,(H,24,26)/b23-17-. The number of nitrogens with zero attached hydrogens (tertiary/aromatic N) is 2. The first-order valence-electron chi connectivity index (χ1n) is 10.3. The summed E-state index contributed by atoms with van der Waals surface area (Å²) in [5, 5.41) is 4.35. The lowest BCUT2D eigenvalue weighted by Crippen LogP contribution is -2.43. The lowest BCUT2D eigenvalue weighted by atomic mass is 9.70. The van der Waals surface area contributed by atoms with Crippen molar-refractivity contribution in [1.29, 1.82) is 0 Å². The van der Waals surface area contributed by atoms with E-state index < -0.39 is 18.5 Å². The minimum Gasteiger partial charge on any atom is -0.482 e. The van der Waals surface area contributed by atoms with Gasteiger partial charge < -0.3 is 9.47 Å². The molecule has 1 aromatic rings. The topological polar surface area (TPSA) is 97.3 Å². The molecule has 0 aromatic heterocycles. The molecule has 4 rings (SSSR count). The largest absolute Gasteiger partial charge is 0.482 e. The van der Waals surface area contributed by atoms with Crippen LogP contribution in [-0.2, 0) is 19.1 Å². The van der Waals surface area contributed by atoms with Gasteiger partial charge in [0, 0.05) is 11.1 Å². The molecule has 2 aliphatic carbocycles. The van der Waals surface area contributed by atoms with Crippen LogP contribution in [0.5, 0.6) is 5.75 Å². The van der Waals surface area contributed by atoms with Crippen molar-refractivity contribution in [2.75, 3.05) is 24.7 Å². The van der Waals surface area contributed by atoms with Crippen molar-refractivity contribution in [2.24, 2.45) is 21.8 Å². The maximum Gasteiger partial charge on any atom is 0.326 e. The first-order valence-corrected chi connectivity index (χ1v) is 10.3. The molecule has 160 valence electrons. The molecule has 0 spiro atoms. The number of fused-ring (bicyclic) bond motifs is 3. The van der Waals surface area contributed by atoms with Gasteiger partial charge in [-0.3, -0.25) is 19.3 Å². The van der Waals surface area contributed by atoms with Crippen molar-refractivity contribution in [1.82, 2.24) is 5.43 Å². The second-order valence-electron chi connectivity index (χ2n) is 8.98. The van der Waals surface area contributed by atoms with E-state index in [1.807, 2.05) is 0 Å². The second kappa shape index (κ2) is 7.41. The van der Waals surface area contributed by atoms with Crippen LogP contribution in [-0.4, -0.2) is 43.3 Å². The summed E-state index contributed by atoms with van der Waals surface area (Å²) in [7, 11) is 0. The van der Waals surface area contributed by atoms with Crippen LogP contribution >= 0.6 is 0 Å². The highest BCUT2D eigenvalue weighted by molar-refractivity contribution is 6.01. The van der Waals surface area contributed by atoms with Gasteiger partial charge in [-0.1, -0.05) is 32.9 Å². The number of anilines is 1. The Morgan fingerprint density at radius 2 is 2.07 bits per heavy atom. The highest BCUT2D eigenvalue weighted by Gasteiger charge is 2.60. The van der Waals surface area contributed by atoms with Gasteiger partial charge in [0.15, 0.2) is 13.2 Å². The minimum absolute atomic E-state index is 0.00823. The van der Waals surface area contributed by atoms with Crippen LogP contribution in [0.4, 0.5) is 5.69 Å². The lowest BCUT2D eigenvalue weighted by molar-refractivity contribution is -0.147. The van der Waals surface area contributed by atoms with E-state index in [-0.39, 0.29) is 29.9 Å². The predicted molar refractivity (Wildman–Crippen MR) is 110 cm³/mol. The van der Waals surface area contributed by atoms with Gasteiger partial charge in [0.05, 0.1) is 5.69 Å². The van der Waals surface area contributed by atoms with E-state index in [1.165, 1.54) is 11.3 Å². The van der Waals surface area contributed by atoms with Gasteiger partial charge in [-0.25, -0.2) is 5.43 Å². The third kappa shape index (κ3) is 3.34. The summed E-state index contributed by atoms with van der Waals surface area (Å²) in [6, 6.07) is 6.96. The van der Waals surface area contributed by atoms with E-state index in [4.69, 9.17) is 9.47 Å². The summed E-state index contributed by atoms with van der Waals surface area (Å²) < 4.78 is 10.4. The molecule has 1 aromatic carbocycles. The van der Waals surface area contributed by atoms with Crippen molar-refractivity contribution in [2.45, 2.75) is 40.0 Å². The van der Waals surface area contributed by atoms with Crippen LogP contribution in [0, 0.1) is 16.7 Å². The van der Waals surface area contributed by atoms with Gasteiger partial charge in [-0.2, -0.15) is 5.10 Å². The first-order chi connectivity index (χ1) is 14.2. The zero-order chi connectivity index (χ0) is 21.5. The smallest absolute Gasteiger partial charge is 0.326 e. The Labute approximate surface area is 175 Å². The van der Waals surface area contributed by atoms with E-state index in [1.54, 1.807) is 24.3 Å². The molecule has 2 bridgehead atoms. The molecule has 3 aliphatic rings. The molecule has 1 N–H and O–H groups in total. The molecule has 30 heavy (non-hydrogen) atoms. The maximum atomic E-state index is 12.2. The summed E-state index contributed by atoms with van der Waals surface area (Å²) in [5.41, 5.74) is 4.21. The molecule has 1 heterocycles. The molecule has 2 amide bonds. The predicted octanol–water partition coefficient (Wildman–Crippen LogP) is 2.27. The Morgan fingerprint density at radius 3 is 2.77 bits per heavy atom. The number of hydrogen-bond donors (Lipinski definition) is 1. The highest BCUT2D eigenvalue weighted by atomic mass is 16.5. The van der Waals surface area contributed by atoms with Crippen molar-refractivity contribution < 1.29 is 23.9 Å². The fourth-order valence-electron chi connectivity index (χ4n) is 4.91. The lowest BCUT2D eigenvalue weighted by Gasteiger charge is -2.34. The normalized spacial score (nSPS) is 27.6. The average Bonchev–Trinajstić information content (AvgIpc) is 3.06. The molecule has 2 saturated carbocycles. The Bertz CT molecular complexity index is 925. The van der Waals surface area contributed by atoms with Crippen LogP contribution in [0.1, 0.15) is 40.0 Å². The third-order valence-corrected chi connectivity index (χ3v) is 7.29. The molecular weight excluding hydrogens is 386 g/mol. The van der Waals surface area contributed by atoms with Crippen molar-refractivity contribution in [3.63, 3.8) is 0 Å². The molecule has 2 fully saturated rings. The van der Waals surface area contributed by atoms with Crippen molar-refractivity contribution >= 4 is 29.2 Å². The molecule has 2 unspecified atom stereocenters. The van der Waals surface area contributed by atoms with Gasteiger partial charge in [0.2, 0.25) is 0 Å². The molecule has 8 nitrogen and oxygen atoms in total. The maximum absolute atomic E-state index is 12.2. The summed E-state index contributed by atoms with van der Waals surface area (Å²) >= 11 is 0. The number of amides is 2. The SMILES string of the molecule is CC12CCC(C/C1=N/NC(=O)COC(=O)CN1C(=O)COc3ccccc31)C2(C)C. The quantitative estimate of drug-likeness (QED) is 0.590. The van der Waals surface area contributed by atoms with Crippen LogP contribution in [0.15, 0.2) is 29.4 Å². The molecule has 0 saturated heterocycles. The second-order valence-corrected chi connectivity index (χ2v) is 8.98. The number of benzene rings is 1. The first kappa shape index (κ1) is 20.4. The van der Waals surface area contributed by atoms with E-state index in [0.717, 1.165) is 18.6 Å². The van der Waals surface area contributed by atoms with E-state index in [0.29, 0.717) is 17.4 Å². The third-order valence-electron chi connectivity index (χ3n) is 7.29. The zero-order valence-corrected chi connectivity index (χ0v) is 17.6. The van der Waals surface area contributed by atoms with Crippen LogP contribution in [0.2, 0.25) is 0 Å². The van der Waals surface area contributed by atoms with Gasteiger partial charge in [-0.15, -0.1) is 0 Å². The van der Waals surface area contributed by atoms with Gasteiger partial charge >= 0.3 is 5.97 Å². The van der Waals surface area contributed by atoms with E-state index >= 15 is 0 Å². The molecule has 0 radical (unpaired) electrons. The Kier molecular flexibility index (Phi) is 5.03. The Morgan fingerprint density at radius 1 is 1.30 bits per heavy atom. The summed E-state index contributed by atoms with van der Waals surface area (Å²) in [4.78, 5) is 37.8. The Hall–Kier alpha value is -2.90. The van der Waals surface area contributed by atoms with Crippen molar-refractivity contribution in [3.05, 3.63) is 24.3 Å². The monoisotopic (exact) mass is 413 g/mol. The number of rotatable bonds is 5. The Balaban J connectivity index is 1.30. The number of ether oxygens (including phenoxy) is 2. The fourth-order valence-corrected chi connectivity index (χ4v) is 4.91. The van der Waals surface area contributed by atoms with Gasteiger partial charge in [0.1, 0.15) is 12.3 Å². The molecule has 1 aliphatic heterocycles. The van der Waals surface area contributed by atoms with Gasteiger partial charge in [-0.05, 0) is 42.7 Å². The summed E-state index contributed by atoms with van der Waals surface area (Å²) in [6.07, 6.45) is 3.16. The number of para-hydroxylation sites is 2. The van der Waals surface area contributed by atoms with E-state index in [9.17, 15) is 14.4 Å². The molecule has 8 heteroatoms. The number of nitrogens with one attached hydrogen (secondary N) is 1. The zero-order valence-electron chi connectivity index (χ0n) is 17.6. The van der Waals surface area contributed by atoms with Crippen LogP contribution in [0.3, 0.4) is 0 Å².